The first-order valence-corrected chi connectivity index (χ1v) is 11.4. The van der Waals surface area contributed by atoms with Crippen LogP contribution in [0.25, 0.3) is 6.08 Å². The minimum Gasteiger partial charge on any atom is -0.465 e. The summed E-state index contributed by atoms with van der Waals surface area (Å²) in [6, 6.07) is 12.2. The number of amidine groups is 1. The van der Waals surface area contributed by atoms with Crippen molar-refractivity contribution >= 4 is 35.7 Å². The number of esters is 3. The van der Waals surface area contributed by atoms with Crippen molar-refractivity contribution in [3.8, 4) is 5.75 Å². The highest BCUT2D eigenvalue weighted by atomic mass is 16.5. The van der Waals surface area contributed by atoms with Gasteiger partial charge in [0.25, 0.3) is 5.91 Å². The van der Waals surface area contributed by atoms with E-state index in [1.165, 1.54) is 48.6 Å². The Morgan fingerprint density at radius 3 is 2.08 bits per heavy atom. The molecule has 0 fully saturated rings. The van der Waals surface area contributed by atoms with Gasteiger partial charge in [-0.3, -0.25) is 15.0 Å². The van der Waals surface area contributed by atoms with Gasteiger partial charge in [0.05, 0.1) is 18.8 Å². The van der Waals surface area contributed by atoms with E-state index in [4.69, 9.17) is 25.4 Å². The fourth-order valence-electron chi connectivity index (χ4n) is 3.08. The second-order valence-corrected chi connectivity index (χ2v) is 7.51. The Bertz CT molecular complexity index is 1190. The number of rotatable bonds is 12. The smallest absolute Gasteiger partial charge is 0.343 e. The summed E-state index contributed by atoms with van der Waals surface area (Å²) in [5.41, 5.74) is 6.28. The molecule has 2 rings (SSSR count). The molecule has 0 spiro atoms. The minimum absolute atomic E-state index is 0.00651. The van der Waals surface area contributed by atoms with E-state index >= 15 is 0 Å². The molecule has 0 aliphatic carbocycles. The summed E-state index contributed by atoms with van der Waals surface area (Å²) >= 11 is 0. The number of nitrogens with zero attached hydrogens (tertiary/aromatic N) is 1. The van der Waals surface area contributed by atoms with Gasteiger partial charge in [0.15, 0.2) is 0 Å². The molecule has 3 N–H and O–H groups in total. The van der Waals surface area contributed by atoms with E-state index in [1.54, 1.807) is 26.0 Å². The second-order valence-electron chi connectivity index (χ2n) is 7.51. The Morgan fingerprint density at radius 1 is 0.946 bits per heavy atom. The minimum atomic E-state index is -0.858. The number of benzene rings is 2. The molecule has 0 radical (unpaired) electrons. The molecule has 2 aromatic carbocycles. The predicted molar refractivity (Wildman–Crippen MR) is 137 cm³/mol. The van der Waals surface area contributed by atoms with Crippen LogP contribution >= 0.6 is 0 Å². The first-order valence-electron chi connectivity index (χ1n) is 11.4. The summed E-state index contributed by atoms with van der Waals surface area (Å²) in [7, 11) is 0. The molecule has 0 aromatic heterocycles. The van der Waals surface area contributed by atoms with E-state index in [-0.39, 0.29) is 49.0 Å². The van der Waals surface area contributed by atoms with Crippen molar-refractivity contribution in [2.45, 2.75) is 13.8 Å². The highest BCUT2D eigenvalue weighted by molar-refractivity contribution is 6.20. The molecule has 37 heavy (non-hydrogen) atoms. The van der Waals surface area contributed by atoms with Gasteiger partial charge in [0.1, 0.15) is 23.7 Å². The normalized spacial score (nSPS) is 10.7. The topological polar surface area (TPSA) is 149 Å². The van der Waals surface area contributed by atoms with Gasteiger partial charge in [0.2, 0.25) is 0 Å². The van der Waals surface area contributed by atoms with Crippen LogP contribution in [-0.4, -0.2) is 60.9 Å². The van der Waals surface area contributed by atoms with E-state index in [0.29, 0.717) is 11.1 Å². The van der Waals surface area contributed by atoms with Gasteiger partial charge >= 0.3 is 17.9 Å². The zero-order chi connectivity index (χ0) is 27.4. The van der Waals surface area contributed by atoms with E-state index in [0.717, 1.165) is 4.90 Å². The summed E-state index contributed by atoms with van der Waals surface area (Å²) in [5, 5.41) is 7.41. The molecule has 2 aromatic rings. The van der Waals surface area contributed by atoms with Crippen molar-refractivity contribution in [2.24, 2.45) is 5.73 Å². The lowest BCUT2D eigenvalue weighted by molar-refractivity contribution is -0.149. The van der Waals surface area contributed by atoms with Gasteiger partial charge in [-0.15, -0.1) is 6.58 Å². The third kappa shape index (κ3) is 8.46. The van der Waals surface area contributed by atoms with Gasteiger partial charge in [-0.25, -0.2) is 9.59 Å². The van der Waals surface area contributed by atoms with Crippen LogP contribution < -0.4 is 10.5 Å². The van der Waals surface area contributed by atoms with Gasteiger partial charge in [-0.05, 0) is 61.9 Å². The highest BCUT2D eigenvalue weighted by Gasteiger charge is 2.26. The Balaban J connectivity index is 2.26. The maximum atomic E-state index is 13.1. The summed E-state index contributed by atoms with van der Waals surface area (Å²) in [5.74, 6) is -2.67. The van der Waals surface area contributed by atoms with Crippen molar-refractivity contribution in [1.29, 1.82) is 5.41 Å². The number of nitrogens with one attached hydrogen (secondary N) is 1. The van der Waals surface area contributed by atoms with Gasteiger partial charge in [-0.1, -0.05) is 18.2 Å². The summed E-state index contributed by atoms with van der Waals surface area (Å²) in [6.07, 6.45) is 2.74. The van der Waals surface area contributed by atoms with Crippen molar-refractivity contribution in [3.63, 3.8) is 0 Å². The zero-order valence-electron chi connectivity index (χ0n) is 20.7. The van der Waals surface area contributed by atoms with Crippen molar-refractivity contribution in [2.75, 3.05) is 26.3 Å². The number of hydrogen-bond acceptors (Lipinski definition) is 8. The van der Waals surface area contributed by atoms with E-state index < -0.39 is 23.8 Å². The molecular formula is C27H29N3O7. The molecule has 0 bridgehead atoms. The predicted octanol–water partition coefficient (Wildman–Crippen LogP) is 2.71. The molecule has 10 nitrogen and oxygen atoms in total. The molecule has 0 aliphatic rings. The van der Waals surface area contributed by atoms with Crippen LogP contribution in [-0.2, 0) is 23.9 Å². The molecule has 0 saturated carbocycles. The molecule has 0 unspecified atom stereocenters. The Hall–Kier alpha value is -4.73. The van der Waals surface area contributed by atoms with Crippen LogP contribution in [0.2, 0.25) is 0 Å². The van der Waals surface area contributed by atoms with Crippen LogP contribution in [0.3, 0.4) is 0 Å². The number of carbonyl (C=O) groups is 4. The summed E-state index contributed by atoms with van der Waals surface area (Å²) < 4.78 is 15.3. The lowest BCUT2D eigenvalue weighted by atomic mass is 10.1. The molecular weight excluding hydrogens is 478 g/mol. The van der Waals surface area contributed by atoms with Gasteiger partial charge in [-0.2, -0.15) is 0 Å². The quantitative estimate of drug-likeness (QED) is 0.0651. The zero-order valence-corrected chi connectivity index (χ0v) is 20.7. The van der Waals surface area contributed by atoms with E-state index in [2.05, 4.69) is 6.58 Å². The van der Waals surface area contributed by atoms with Crippen LogP contribution in [0, 0.1) is 5.41 Å². The first-order chi connectivity index (χ1) is 17.7. The van der Waals surface area contributed by atoms with Crippen LogP contribution in [0.15, 0.2) is 66.8 Å². The van der Waals surface area contributed by atoms with Crippen LogP contribution in [0.5, 0.6) is 5.75 Å². The van der Waals surface area contributed by atoms with Gasteiger partial charge < -0.3 is 24.8 Å². The molecule has 0 aliphatic heterocycles. The fraction of sp³-hybridized carbons (Fsp3) is 0.222. The first kappa shape index (κ1) is 28.5. The summed E-state index contributed by atoms with van der Waals surface area (Å²) in [4.78, 5) is 51.3. The fourth-order valence-corrected chi connectivity index (χ4v) is 3.08. The largest absolute Gasteiger partial charge is 0.465 e. The number of ether oxygens (including phenoxy) is 3. The maximum absolute atomic E-state index is 13.1. The number of carbonyl (C=O) groups excluding carboxylic acids is 4. The average Bonchev–Trinajstić information content (AvgIpc) is 2.87. The SMILES string of the molecule is C=CCN(CC(=O)OCC)C(=O)C(=Cc1ccc(C(=O)Oc2ccc(C(=N)N)cc2)cc1)C(=O)OCC. The standard InChI is InChI=1S/C27H29N3O7/c1-4-15-30(17-23(31)35-5-2)25(32)22(27(34)36-6-3)16-18-7-9-20(10-8-18)26(33)37-21-13-11-19(12-14-21)24(28)29/h4,7-14,16H,1,5-6,15,17H2,2-3H3,(H3,28,29). The molecule has 1 amide bonds. The van der Waals surface area contributed by atoms with Crippen molar-refractivity contribution in [3.05, 3.63) is 83.4 Å². The number of nitrogens with two attached hydrogens (primary N) is 1. The van der Waals surface area contributed by atoms with Crippen molar-refractivity contribution in [1.82, 2.24) is 4.90 Å². The van der Waals surface area contributed by atoms with Crippen LogP contribution in [0.1, 0.15) is 35.3 Å². The number of nitrogen functional groups attached to an aromatic ring is 1. The Labute approximate surface area is 214 Å². The second kappa shape index (κ2) is 14.0. The maximum Gasteiger partial charge on any atom is 0.343 e. The van der Waals surface area contributed by atoms with Gasteiger partial charge in [0, 0.05) is 12.1 Å². The third-order valence-electron chi connectivity index (χ3n) is 4.82. The van der Waals surface area contributed by atoms with E-state index in [9.17, 15) is 19.2 Å². The Kier molecular flexibility index (Phi) is 10.8. The highest BCUT2D eigenvalue weighted by Crippen LogP contribution is 2.17. The van der Waals surface area contributed by atoms with Crippen molar-refractivity contribution < 1.29 is 33.4 Å². The number of amides is 1. The lowest BCUT2D eigenvalue weighted by Gasteiger charge is -2.21. The monoisotopic (exact) mass is 507 g/mol. The molecule has 194 valence electrons. The van der Waals surface area contributed by atoms with Crippen LogP contribution in [0.4, 0.5) is 0 Å². The average molecular weight is 508 g/mol. The number of hydrogen-bond donors (Lipinski definition) is 2. The summed E-state index contributed by atoms with van der Waals surface area (Å²) in [6.45, 7) is 6.67. The van der Waals surface area contributed by atoms with E-state index in [1.807, 2.05) is 0 Å². The molecule has 0 saturated heterocycles. The molecule has 0 heterocycles. The molecule has 10 heteroatoms. The molecule has 0 atom stereocenters. The Morgan fingerprint density at radius 2 is 1.54 bits per heavy atom. The lowest BCUT2D eigenvalue weighted by Crippen LogP contribution is -2.39. The third-order valence-corrected chi connectivity index (χ3v) is 4.82.